The predicted molar refractivity (Wildman–Crippen MR) is 101 cm³/mol. The number of nitrogens with one attached hydrogen (secondary N) is 2. The number of halogens is 1. The zero-order chi connectivity index (χ0) is 21.9. The van der Waals surface area contributed by atoms with Crippen LogP contribution < -0.4 is 15.4 Å². The number of amides is 1. The number of methoxy groups -OCH3 is 1. The van der Waals surface area contributed by atoms with Crippen LogP contribution in [0.3, 0.4) is 0 Å². The Balaban J connectivity index is 2.01. The second-order valence-corrected chi connectivity index (χ2v) is 5.70. The van der Waals surface area contributed by atoms with E-state index in [-0.39, 0.29) is 16.5 Å². The van der Waals surface area contributed by atoms with Crippen LogP contribution in [0.5, 0.6) is 5.75 Å². The third-order valence-electron chi connectivity index (χ3n) is 3.68. The molecule has 0 saturated carbocycles. The minimum atomic E-state index is -2.68. The van der Waals surface area contributed by atoms with E-state index < -0.39 is 12.9 Å². The molecule has 0 saturated heterocycles. The number of carbonyl (C=O) groups excluding carboxylic acids is 1. The highest BCUT2D eigenvalue weighted by Gasteiger charge is 2.18. The summed E-state index contributed by atoms with van der Waals surface area (Å²) < 4.78 is 27.2. The number of ether oxygens (including phenoxy) is 1. The number of hydrogen-bond donors (Lipinski definition) is 2. The van der Waals surface area contributed by atoms with Crippen molar-refractivity contribution in [2.45, 2.75) is 13.5 Å². The van der Waals surface area contributed by atoms with E-state index in [4.69, 9.17) is 20.5 Å². The monoisotopic (exact) mass is 390 g/mol. The lowest BCUT2D eigenvalue weighted by Crippen LogP contribution is -2.21. The summed E-state index contributed by atoms with van der Waals surface area (Å²) in [5, 5.41) is 20.8. The summed E-state index contributed by atoms with van der Waals surface area (Å²) >= 11 is 5.93. The van der Waals surface area contributed by atoms with Gasteiger partial charge < -0.3 is 15.4 Å². The summed E-state index contributed by atoms with van der Waals surface area (Å²) in [4.78, 5) is 13.9. The summed E-state index contributed by atoms with van der Waals surface area (Å²) in [6, 6.07) is 6.66. The topological polar surface area (TPSA) is 107 Å². The van der Waals surface area contributed by atoms with Crippen molar-refractivity contribution in [3.8, 4) is 17.0 Å². The van der Waals surface area contributed by atoms with Gasteiger partial charge in [-0.3, -0.25) is 4.79 Å². The van der Waals surface area contributed by atoms with E-state index in [1.54, 1.807) is 23.1 Å². The molecule has 27 heavy (non-hydrogen) atoms. The zero-order valence-corrected chi connectivity index (χ0v) is 15.3. The van der Waals surface area contributed by atoms with Gasteiger partial charge >= 0.3 is 0 Å². The number of nitrogens with zero attached hydrogens (tertiary/aromatic N) is 5. The van der Waals surface area contributed by atoms with Crippen molar-refractivity contribution in [1.29, 1.82) is 0 Å². The summed E-state index contributed by atoms with van der Waals surface area (Å²) in [6.45, 7) is -0.146. The molecule has 140 valence electrons. The van der Waals surface area contributed by atoms with Crippen LogP contribution in [0.2, 0.25) is 5.15 Å². The van der Waals surface area contributed by atoms with Crippen molar-refractivity contribution < 1.29 is 13.6 Å². The molecule has 0 aliphatic rings. The molecule has 0 fully saturated rings. The molecule has 9 nitrogen and oxygen atoms in total. The van der Waals surface area contributed by atoms with Gasteiger partial charge in [0.15, 0.2) is 16.6 Å². The minimum absolute atomic E-state index is 0.0175. The first-order chi connectivity index (χ1) is 14.2. The van der Waals surface area contributed by atoms with Gasteiger partial charge in [0.05, 0.1) is 31.2 Å². The smallest absolute Gasteiger partial charge is 0.273 e. The van der Waals surface area contributed by atoms with Crippen LogP contribution in [0.15, 0.2) is 30.5 Å². The van der Waals surface area contributed by atoms with Crippen LogP contribution in [0, 0.1) is 0 Å². The average molecular weight is 391 g/mol. The molecule has 0 radical (unpaired) electrons. The van der Waals surface area contributed by atoms with E-state index in [0.29, 0.717) is 29.2 Å². The summed E-state index contributed by atoms with van der Waals surface area (Å²) in [7, 11) is 1.49. The Morgan fingerprint density at radius 2 is 2.22 bits per heavy atom. The van der Waals surface area contributed by atoms with Crippen LogP contribution in [-0.2, 0) is 6.54 Å². The number of rotatable bonds is 6. The van der Waals surface area contributed by atoms with Crippen LogP contribution >= 0.6 is 11.6 Å². The predicted octanol–water partition coefficient (Wildman–Crippen LogP) is 2.52. The van der Waals surface area contributed by atoms with Crippen LogP contribution in [0.1, 0.15) is 21.5 Å². The first kappa shape index (κ1) is 14.9. The van der Waals surface area contributed by atoms with Gasteiger partial charge in [-0.15, -0.1) is 10.2 Å². The highest BCUT2D eigenvalue weighted by atomic mass is 35.5. The number of benzene rings is 1. The van der Waals surface area contributed by atoms with E-state index in [0.717, 1.165) is 0 Å². The van der Waals surface area contributed by atoms with Crippen LogP contribution in [-0.4, -0.2) is 45.2 Å². The maximum absolute atomic E-state index is 12.4. The molecular formula is C17H18ClN7O2. The van der Waals surface area contributed by atoms with E-state index in [1.165, 1.54) is 13.2 Å². The SMILES string of the molecule is [2H]C([2H])([2H])NC(=O)c1nnc(Cl)cc1Nc1cccc(-c2cnn(CC)n2)c1OC. The molecule has 0 spiro atoms. The van der Waals surface area contributed by atoms with Gasteiger partial charge in [0.2, 0.25) is 0 Å². The van der Waals surface area contributed by atoms with Crippen molar-refractivity contribution in [1.82, 2.24) is 30.5 Å². The van der Waals surface area contributed by atoms with Crippen molar-refractivity contribution in [3.05, 3.63) is 41.3 Å². The molecule has 2 N–H and O–H groups in total. The quantitative estimate of drug-likeness (QED) is 0.665. The van der Waals surface area contributed by atoms with Gasteiger partial charge in [0, 0.05) is 22.7 Å². The second-order valence-electron chi connectivity index (χ2n) is 5.31. The number of carbonyl (C=O) groups is 1. The lowest BCUT2D eigenvalue weighted by atomic mass is 10.1. The van der Waals surface area contributed by atoms with Gasteiger partial charge in [-0.2, -0.15) is 15.0 Å². The molecule has 3 rings (SSSR count). The molecule has 10 heteroatoms. The standard InChI is InChI=1S/C17H18ClN7O2/c1-4-25-20-9-13(24-25)10-6-5-7-11(16(10)27-3)21-12-8-14(18)22-23-15(12)17(26)19-2/h5-9H,4H2,1-3H3,(H,19,26)(H,21,22)/i2D3. The molecule has 2 heterocycles. The lowest BCUT2D eigenvalue weighted by Gasteiger charge is -2.15. The number of aryl methyl sites for hydroxylation is 1. The summed E-state index contributed by atoms with van der Waals surface area (Å²) in [6.07, 6.45) is 1.62. The van der Waals surface area contributed by atoms with E-state index in [1.807, 2.05) is 18.3 Å². The Labute approximate surface area is 164 Å². The average Bonchev–Trinajstić information content (AvgIpc) is 3.15. The van der Waals surface area contributed by atoms with E-state index in [2.05, 4.69) is 25.7 Å². The van der Waals surface area contributed by atoms with Crippen molar-refractivity contribution in [3.63, 3.8) is 0 Å². The number of anilines is 2. The highest BCUT2D eigenvalue weighted by Crippen LogP contribution is 2.37. The van der Waals surface area contributed by atoms with Crippen molar-refractivity contribution >= 4 is 28.9 Å². The fourth-order valence-corrected chi connectivity index (χ4v) is 2.61. The molecule has 1 aromatic carbocycles. The van der Waals surface area contributed by atoms with Gasteiger partial charge in [-0.25, -0.2) is 0 Å². The fourth-order valence-electron chi connectivity index (χ4n) is 2.47. The molecular weight excluding hydrogens is 370 g/mol. The van der Waals surface area contributed by atoms with Gasteiger partial charge in [0.25, 0.3) is 5.91 Å². The molecule has 0 unspecified atom stereocenters. The van der Waals surface area contributed by atoms with E-state index in [9.17, 15) is 4.79 Å². The zero-order valence-electron chi connectivity index (χ0n) is 17.5. The molecule has 0 aliphatic carbocycles. The Morgan fingerprint density at radius 3 is 2.93 bits per heavy atom. The molecule has 3 aromatic rings. The largest absolute Gasteiger partial charge is 0.494 e. The Morgan fingerprint density at radius 1 is 1.37 bits per heavy atom. The van der Waals surface area contributed by atoms with Gasteiger partial charge in [0.1, 0.15) is 5.69 Å². The summed E-state index contributed by atoms with van der Waals surface area (Å²) in [5.41, 5.74) is 1.67. The molecule has 0 bridgehead atoms. The summed E-state index contributed by atoms with van der Waals surface area (Å²) in [5.74, 6) is -0.488. The lowest BCUT2D eigenvalue weighted by molar-refractivity contribution is 0.0958. The molecule has 0 aliphatic heterocycles. The second kappa shape index (κ2) is 8.00. The van der Waals surface area contributed by atoms with E-state index >= 15 is 0 Å². The van der Waals surface area contributed by atoms with Gasteiger partial charge in [-0.1, -0.05) is 17.7 Å². The minimum Gasteiger partial charge on any atom is -0.494 e. The Kier molecular flexibility index (Phi) is 4.42. The Bertz CT molecular complexity index is 1070. The van der Waals surface area contributed by atoms with Gasteiger partial charge in [-0.05, 0) is 19.1 Å². The normalized spacial score (nSPS) is 12.6. The first-order valence-electron chi connectivity index (χ1n) is 9.42. The Hall–Kier alpha value is -3.20. The third-order valence-corrected chi connectivity index (χ3v) is 3.86. The highest BCUT2D eigenvalue weighted by molar-refractivity contribution is 6.29. The van der Waals surface area contributed by atoms with Crippen molar-refractivity contribution in [2.24, 2.45) is 0 Å². The maximum Gasteiger partial charge on any atom is 0.273 e. The van der Waals surface area contributed by atoms with Crippen molar-refractivity contribution in [2.75, 3.05) is 19.4 Å². The molecule has 2 aromatic heterocycles. The molecule has 0 atom stereocenters. The molecule has 1 amide bonds. The fraction of sp³-hybridized carbons (Fsp3) is 0.235. The third kappa shape index (κ3) is 3.82. The number of hydrogen-bond acceptors (Lipinski definition) is 7. The maximum atomic E-state index is 12.4. The first-order valence-corrected chi connectivity index (χ1v) is 8.30. The number of aromatic nitrogens is 5. The number of para-hydroxylation sites is 1. The van der Waals surface area contributed by atoms with Crippen LogP contribution in [0.25, 0.3) is 11.3 Å². The van der Waals surface area contributed by atoms with Crippen LogP contribution in [0.4, 0.5) is 11.4 Å².